The number of hydrogen-bond donors (Lipinski definition) is 2. The van der Waals surface area contributed by atoms with Crippen LogP contribution in [0.5, 0.6) is 5.75 Å². The largest absolute Gasteiger partial charge is 0.497 e. The molecule has 3 aliphatic heterocycles. The Balaban J connectivity index is 1.39. The van der Waals surface area contributed by atoms with E-state index in [1.165, 1.54) is 11.1 Å². The molecule has 2 N–H and O–H groups in total. The third-order valence-electron chi connectivity index (χ3n) is 10.0. The van der Waals surface area contributed by atoms with E-state index in [0.29, 0.717) is 26.1 Å². The predicted molar refractivity (Wildman–Crippen MR) is 174 cm³/mol. The van der Waals surface area contributed by atoms with E-state index in [-0.39, 0.29) is 30.4 Å². The van der Waals surface area contributed by atoms with E-state index in [2.05, 4.69) is 53.6 Å². The van der Waals surface area contributed by atoms with Crippen LogP contribution < -0.4 is 10.1 Å². The molecule has 1 aliphatic carbocycles. The Hall–Kier alpha value is -3.92. The van der Waals surface area contributed by atoms with Crippen molar-refractivity contribution >= 4 is 11.9 Å². The molecule has 2 fully saturated rings. The Morgan fingerprint density at radius 3 is 2.60 bits per heavy atom. The maximum absolute atomic E-state index is 14.0. The van der Waals surface area contributed by atoms with Gasteiger partial charge in [-0.05, 0) is 41.7 Å². The Morgan fingerprint density at radius 2 is 1.87 bits per heavy atom. The van der Waals surface area contributed by atoms with Gasteiger partial charge in [-0.1, -0.05) is 92.6 Å². The Morgan fingerprint density at radius 1 is 1.09 bits per heavy atom. The highest BCUT2D eigenvalue weighted by atomic mass is 16.5. The van der Waals surface area contributed by atoms with Crippen LogP contribution in [-0.2, 0) is 11.3 Å². The van der Waals surface area contributed by atoms with Crippen LogP contribution in [0.2, 0.25) is 0 Å². The van der Waals surface area contributed by atoms with Crippen molar-refractivity contribution in [3.63, 3.8) is 0 Å². The number of hydrogen-bond acceptors (Lipinski definition) is 6. The number of urea groups is 1. The molecule has 238 valence electrons. The quantitative estimate of drug-likeness (QED) is 0.482. The normalized spacial score (nSPS) is 29.1. The number of carbonyl (C=O) groups is 2. The summed E-state index contributed by atoms with van der Waals surface area (Å²) >= 11 is 0. The van der Waals surface area contributed by atoms with Gasteiger partial charge < -0.3 is 20.1 Å². The zero-order valence-electron chi connectivity index (χ0n) is 26.5. The number of piperazine rings is 1. The summed E-state index contributed by atoms with van der Waals surface area (Å²) in [6, 6.07) is 17.6. The lowest BCUT2D eigenvalue weighted by molar-refractivity contribution is -0.209. The lowest BCUT2D eigenvalue weighted by Crippen LogP contribution is -2.82. The molecule has 2 bridgehead atoms. The fourth-order valence-electron chi connectivity index (χ4n) is 7.74. The van der Waals surface area contributed by atoms with Crippen molar-refractivity contribution in [1.29, 1.82) is 0 Å². The number of rotatable bonds is 7. The van der Waals surface area contributed by atoms with Crippen LogP contribution in [0.25, 0.3) is 0 Å². The van der Waals surface area contributed by atoms with E-state index in [1.54, 1.807) is 24.2 Å². The third kappa shape index (κ3) is 5.80. The molecule has 1 spiro atoms. The molecule has 0 saturated carbocycles. The number of aliphatic hydroxyl groups is 1. The molecule has 9 heteroatoms. The molecule has 9 nitrogen and oxygen atoms in total. The number of nitrogens with one attached hydrogen (secondary N) is 1. The van der Waals surface area contributed by atoms with Gasteiger partial charge in [-0.2, -0.15) is 0 Å². The number of nitrogens with zero attached hydrogens (tertiary/aromatic N) is 4. The highest BCUT2D eigenvalue weighted by molar-refractivity contribution is 5.83. The molecule has 3 heterocycles. The minimum Gasteiger partial charge on any atom is -0.497 e. The maximum Gasteiger partial charge on any atom is 0.334 e. The molecule has 2 saturated heterocycles. The Kier molecular flexibility index (Phi) is 9.12. The first-order chi connectivity index (χ1) is 21.9. The van der Waals surface area contributed by atoms with Gasteiger partial charge in [0.05, 0.1) is 31.3 Å². The average molecular weight is 612 g/mol. The van der Waals surface area contributed by atoms with Gasteiger partial charge in [0.15, 0.2) is 0 Å². The van der Waals surface area contributed by atoms with E-state index in [1.807, 2.05) is 53.5 Å². The van der Waals surface area contributed by atoms with Crippen LogP contribution in [-0.4, -0.2) is 94.5 Å². The minimum atomic E-state index is -0.806. The molecular weight excluding hydrogens is 566 g/mol. The summed E-state index contributed by atoms with van der Waals surface area (Å²) in [5.41, 5.74) is 2.63. The molecule has 5 atom stereocenters. The van der Waals surface area contributed by atoms with Crippen LogP contribution in [0.1, 0.15) is 49.7 Å². The summed E-state index contributed by atoms with van der Waals surface area (Å²) < 4.78 is 5.28. The lowest BCUT2D eigenvalue weighted by atomic mass is 9.74. The van der Waals surface area contributed by atoms with Gasteiger partial charge in [-0.25, -0.2) is 14.8 Å². The van der Waals surface area contributed by atoms with Crippen LogP contribution in [0, 0.1) is 0 Å². The van der Waals surface area contributed by atoms with E-state index >= 15 is 0 Å². The number of carbonyl (C=O) groups excluding carboxylic acids is 2. The highest BCUT2D eigenvalue weighted by Crippen LogP contribution is 2.46. The second-order valence-electron chi connectivity index (χ2n) is 12.6. The number of methoxy groups -OCH3 is 1. The molecule has 0 aromatic heterocycles. The molecule has 6 rings (SSSR count). The molecule has 3 unspecified atom stereocenters. The molecular formula is C36H45N5O4. The standard InChI is InChI=1S/C36H45N5O4/c1-4-5-14-31-36-21-20-28(13-9-10-15-32(36)42)30(27-11-7-6-8-12-27)23-39(36)24-33-40(31)34(43)25-38(2)41(33)35(44)37-22-26-16-18-29(45-3)19-17-26/h6-13,15-20,30-33,42H,4-5,14,21-25H2,1-3H3,(H,37,44)/b13-9?,15-10-/t30?,31-,32?,33-,36?/m0/s1. The summed E-state index contributed by atoms with van der Waals surface area (Å²) in [6.45, 7) is 3.68. The van der Waals surface area contributed by atoms with Crippen molar-refractivity contribution in [3.05, 3.63) is 102 Å². The molecule has 4 aliphatic rings. The van der Waals surface area contributed by atoms with Crippen molar-refractivity contribution in [3.8, 4) is 5.75 Å². The topological polar surface area (TPSA) is 88.6 Å². The van der Waals surface area contributed by atoms with Crippen molar-refractivity contribution in [2.45, 2.75) is 68.9 Å². The van der Waals surface area contributed by atoms with Crippen molar-refractivity contribution in [1.82, 2.24) is 25.1 Å². The zero-order valence-corrected chi connectivity index (χ0v) is 26.5. The van der Waals surface area contributed by atoms with Crippen LogP contribution in [0.15, 0.2) is 90.6 Å². The van der Waals surface area contributed by atoms with Crippen LogP contribution in [0.4, 0.5) is 4.79 Å². The third-order valence-corrected chi connectivity index (χ3v) is 10.0. The second-order valence-corrected chi connectivity index (χ2v) is 12.6. The number of unbranched alkanes of at least 4 members (excludes halogenated alkanes) is 1. The summed E-state index contributed by atoms with van der Waals surface area (Å²) in [5.74, 6) is 0.824. The van der Waals surface area contributed by atoms with E-state index in [0.717, 1.165) is 30.6 Å². The maximum atomic E-state index is 14.0. The fraction of sp³-hybridized carbons (Fsp3) is 0.444. The van der Waals surface area contributed by atoms with Gasteiger partial charge in [0, 0.05) is 32.6 Å². The van der Waals surface area contributed by atoms with Gasteiger partial charge >= 0.3 is 6.03 Å². The summed E-state index contributed by atoms with van der Waals surface area (Å²) in [5, 5.41) is 18.6. The molecule has 2 aromatic rings. The molecule has 2 aromatic carbocycles. The number of allylic oxidation sites excluding steroid dienone is 3. The zero-order chi connectivity index (χ0) is 31.6. The Labute approximate surface area is 266 Å². The number of fused-ring (bicyclic) bond motifs is 2. The summed E-state index contributed by atoms with van der Waals surface area (Å²) in [7, 11) is 3.44. The first-order valence-corrected chi connectivity index (χ1v) is 16.1. The Bertz CT molecular complexity index is 1460. The van der Waals surface area contributed by atoms with Gasteiger partial charge in [0.25, 0.3) is 0 Å². The number of ether oxygens (including phenoxy) is 1. The number of hydrazine groups is 1. The SMILES string of the molecule is CCCC[C@@H]1N2C(=O)CN(C)N(C(=O)NCc3ccc(OC)cc3)[C@H]2CN2CC(c3ccccc3)C3=CCC12C(O)/C=C\C=C3. The number of aliphatic hydroxyl groups excluding tert-OH is 1. The average Bonchev–Trinajstić information content (AvgIpc) is 3.16. The fourth-order valence-corrected chi connectivity index (χ4v) is 7.74. The second kappa shape index (κ2) is 13.2. The van der Waals surface area contributed by atoms with Gasteiger partial charge in [0.1, 0.15) is 11.9 Å². The summed E-state index contributed by atoms with van der Waals surface area (Å²) in [4.78, 5) is 32.4. The van der Waals surface area contributed by atoms with Crippen LogP contribution >= 0.6 is 0 Å². The highest BCUT2D eigenvalue weighted by Gasteiger charge is 2.60. The molecule has 0 radical (unpaired) electrons. The molecule has 45 heavy (non-hydrogen) atoms. The van der Waals surface area contributed by atoms with Crippen molar-refractivity contribution in [2.24, 2.45) is 0 Å². The number of benzene rings is 2. The number of amides is 3. The predicted octanol–water partition coefficient (Wildman–Crippen LogP) is 4.44. The van der Waals surface area contributed by atoms with Gasteiger partial charge in [-0.15, -0.1) is 0 Å². The van der Waals surface area contributed by atoms with Crippen molar-refractivity contribution < 1.29 is 19.4 Å². The lowest BCUT2D eigenvalue weighted by Gasteiger charge is -2.63. The monoisotopic (exact) mass is 611 g/mol. The number of likely N-dealkylation sites (N-methyl/N-ethyl adjacent to an activating group) is 1. The van der Waals surface area contributed by atoms with E-state index < -0.39 is 17.8 Å². The van der Waals surface area contributed by atoms with E-state index in [9.17, 15) is 14.7 Å². The van der Waals surface area contributed by atoms with Crippen molar-refractivity contribution in [2.75, 3.05) is 33.8 Å². The summed E-state index contributed by atoms with van der Waals surface area (Å²) in [6.07, 6.45) is 12.2. The smallest absolute Gasteiger partial charge is 0.334 e. The van der Waals surface area contributed by atoms with Gasteiger partial charge in [-0.3, -0.25) is 9.69 Å². The first kappa shape index (κ1) is 31.1. The van der Waals surface area contributed by atoms with Gasteiger partial charge in [0.2, 0.25) is 5.91 Å². The van der Waals surface area contributed by atoms with Crippen LogP contribution in [0.3, 0.4) is 0 Å². The van der Waals surface area contributed by atoms with E-state index in [4.69, 9.17) is 4.74 Å². The molecule has 3 amide bonds. The first-order valence-electron chi connectivity index (χ1n) is 16.1. The minimum absolute atomic E-state index is 0.0148.